The van der Waals surface area contributed by atoms with Gasteiger partial charge in [0.25, 0.3) is 0 Å². The molecule has 1 N–H and O–H groups in total. The fraction of sp³-hybridized carbons (Fsp3) is 0.571. The maximum atomic E-state index is 11.4. The quantitative estimate of drug-likeness (QED) is 0.916. The first-order chi connectivity index (χ1) is 9.05. The average molecular weight is 344 g/mol. The Hall–Kier alpha value is -0.390. The summed E-state index contributed by atoms with van der Waals surface area (Å²) in [4.78, 5) is 0. The molecule has 19 heavy (non-hydrogen) atoms. The number of nitrogens with one attached hydrogen (secondary N) is 1. The van der Waals surface area contributed by atoms with Crippen LogP contribution in [0.4, 0.5) is 0 Å². The molecule has 3 nitrogen and oxygen atoms in total. The van der Waals surface area contributed by atoms with Crippen LogP contribution in [0.15, 0.2) is 22.7 Å². The van der Waals surface area contributed by atoms with Crippen LogP contribution in [0.5, 0.6) is 0 Å². The van der Waals surface area contributed by atoms with Crippen molar-refractivity contribution in [1.29, 1.82) is 0 Å². The van der Waals surface area contributed by atoms with Crippen LogP contribution in [-0.4, -0.2) is 26.5 Å². The number of halogens is 1. The molecule has 2 aliphatic rings. The standard InChI is InChI=1S/C14H18BrNO2S/c15-13-3-1-2-12-11(13)4-5-14(12)16-8-10-6-7-19(17,18)9-10/h1-3,10,14,16H,4-9H2. The first-order valence-electron chi connectivity index (χ1n) is 6.76. The summed E-state index contributed by atoms with van der Waals surface area (Å²) in [5, 5.41) is 3.56. The average Bonchev–Trinajstić information content (AvgIpc) is 2.91. The van der Waals surface area contributed by atoms with E-state index in [-0.39, 0.29) is 0 Å². The number of hydrogen-bond acceptors (Lipinski definition) is 3. The number of hydrogen-bond donors (Lipinski definition) is 1. The Morgan fingerprint density at radius 2 is 2.16 bits per heavy atom. The Kier molecular flexibility index (Phi) is 3.71. The van der Waals surface area contributed by atoms with Crippen molar-refractivity contribution < 1.29 is 8.42 Å². The minimum Gasteiger partial charge on any atom is -0.310 e. The molecule has 2 atom stereocenters. The van der Waals surface area contributed by atoms with Crippen molar-refractivity contribution in [1.82, 2.24) is 5.32 Å². The molecule has 0 spiro atoms. The van der Waals surface area contributed by atoms with Gasteiger partial charge in [0.15, 0.2) is 9.84 Å². The lowest BCUT2D eigenvalue weighted by Gasteiger charge is -2.17. The molecule has 2 unspecified atom stereocenters. The van der Waals surface area contributed by atoms with Gasteiger partial charge in [-0.15, -0.1) is 0 Å². The molecular weight excluding hydrogens is 326 g/mol. The third kappa shape index (κ3) is 2.88. The second-order valence-electron chi connectivity index (χ2n) is 5.58. The summed E-state index contributed by atoms with van der Waals surface area (Å²) < 4.78 is 24.1. The fourth-order valence-electron chi connectivity index (χ4n) is 3.16. The van der Waals surface area contributed by atoms with Crippen molar-refractivity contribution in [3.63, 3.8) is 0 Å². The third-order valence-corrected chi connectivity index (χ3v) is 6.77. The normalized spacial score (nSPS) is 28.5. The molecule has 1 aliphatic carbocycles. The Balaban J connectivity index is 1.63. The van der Waals surface area contributed by atoms with E-state index in [9.17, 15) is 8.42 Å². The number of rotatable bonds is 3. The summed E-state index contributed by atoms with van der Waals surface area (Å²) in [5.74, 6) is 1.02. The molecule has 1 saturated heterocycles. The minimum absolute atomic E-state index is 0.293. The highest BCUT2D eigenvalue weighted by atomic mass is 79.9. The molecule has 1 fully saturated rings. The zero-order valence-corrected chi connectivity index (χ0v) is 13.1. The zero-order chi connectivity index (χ0) is 13.5. The van der Waals surface area contributed by atoms with Crippen molar-refractivity contribution in [3.05, 3.63) is 33.8 Å². The summed E-state index contributed by atoms with van der Waals surface area (Å²) in [7, 11) is -2.76. The van der Waals surface area contributed by atoms with Crippen LogP contribution < -0.4 is 5.32 Å². The Morgan fingerprint density at radius 3 is 2.89 bits per heavy atom. The van der Waals surface area contributed by atoms with Gasteiger partial charge in [-0.05, 0) is 48.9 Å². The second kappa shape index (κ2) is 5.19. The van der Waals surface area contributed by atoms with Crippen molar-refractivity contribution in [2.24, 2.45) is 5.92 Å². The van der Waals surface area contributed by atoms with E-state index in [2.05, 4.69) is 39.4 Å². The number of benzene rings is 1. The molecule has 1 aliphatic heterocycles. The van der Waals surface area contributed by atoms with Gasteiger partial charge in [0.05, 0.1) is 11.5 Å². The molecule has 1 aromatic rings. The highest BCUT2D eigenvalue weighted by Gasteiger charge is 2.29. The summed E-state index contributed by atoms with van der Waals surface area (Å²) >= 11 is 3.60. The van der Waals surface area contributed by atoms with Gasteiger partial charge in [-0.2, -0.15) is 0 Å². The summed E-state index contributed by atoms with van der Waals surface area (Å²) in [6.07, 6.45) is 3.02. The molecule has 1 heterocycles. The van der Waals surface area contributed by atoms with E-state index < -0.39 is 9.84 Å². The third-order valence-electron chi connectivity index (χ3n) is 4.19. The van der Waals surface area contributed by atoms with E-state index in [1.165, 1.54) is 15.6 Å². The van der Waals surface area contributed by atoms with Gasteiger partial charge in [0.2, 0.25) is 0 Å². The van der Waals surface area contributed by atoms with E-state index in [4.69, 9.17) is 0 Å². The predicted octanol–water partition coefficient (Wildman–Crippen LogP) is 2.46. The molecular formula is C14H18BrNO2S. The second-order valence-corrected chi connectivity index (χ2v) is 8.66. The first-order valence-corrected chi connectivity index (χ1v) is 9.38. The van der Waals surface area contributed by atoms with Crippen LogP contribution >= 0.6 is 15.9 Å². The predicted molar refractivity (Wildman–Crippen MR) is 80.0 cm³/mol. The van der Waals surface area contributed by atoms with Crippen LogP contribution in [0.3, 0.4) is 0 Å². The molecule has 0 aromatic heterocycles. The molecule has 0 amide bonds. The SMILES string of the molecule is O=S1(=O)CCC(CNC2CCc3c(Br)cccc32)C1. The first kappa shape index (κ1) is 13.6. The van der Waals surface area contributed by atoms with Crippen LogP contribution in [0.2, 0.25) is 0 Å². The largest absolute Gasteiger partial charge is 0.310 e. The van der Waals surface area contributed by atoms with E-state index in [0.717, 1.165) is 25.8 Å². The summed E-state index contributed by atoms with van der Waals surface area (Å²) in [6, 6.07) is 6.72. The monoisotopic (exact) mass is 343 g/mol. The van der Waals surface area contributed by atoms with Gasteiger partial charge in [0, 0.05) is 10.5 Å². The number of fused-ring (bicyclic) bond motifs is 1. The molecule has 0 bridgehead atoms. The maximum Gasteiger partial charge on any atom is 0.150 e. The van der Waals surface area contributed by atoms with Crippen molar-refractivity contribution in [3.8, 4) is 0 Å². The van der Waals surface area contributed by atoms with Gasteiger partial charge >= 0.3 is 0 Å². The van der Waals surface area contributed by atoms with E-state index in [1.807, 2.05) is 0 Å². The van der Waals surface area contributed by atoms with Gasteiger partial charge in [0.1, 0.15) is 0 Å². The summed E-state index contributed by atoms with van der Waals surface area (Å²) in [5.41, 5.74) is 2.77. The van der Waals surface area contributed by atoms with E-state index in [1.54, 1.807) is 0 Å². The number of sulfone groups is 1. The van der Waals surface area contributed by atoms with Gasteiger partial charge in [-0.1, -0.05) is 28.1 Å². The van der Waals surface area contributed by atoms with Crippen molar-refractivity contribution >= 4 is 25.8 Å². The molecule has 5 heteroatoms. The van der Waals surface area contributed by atoms with Crippen molar-refractivity contribution in [2.45, 2.75) is 25.3 Å². The topological polar surface area (TPSA) is 46.2 Å². The van der Waals surface area contributed by atoms with Gasteiger partial charge in [-0.25, -0.2) is 8.42 Å². The molecule has 0 saturated carbocycles. The van der Waals surface area contributed by atoms with Crippen LogP contribution in [0, 0.1) is 5.92 Å². The van der Waals surface area contributed by atoms with Crippen molar-refractivity contribution in [2.75, 3.05) is 18.1 Å². The van der Waals surface area contributed by atoms with E-state index in [0.29, 0.717) is 23.5 Å². The van der Waals surface area contributed by atoms with Crippen LogP contribution in [0.25, 0.3) is 0 Å². The van der Waals surface area contributed by atoms with E-state index >= 15 is 0 Å². The van der Waals surface area contributed by atoms with Gasteiger partial charge in [-0.3, -0.25) is 0 Å². The molecule has 3 rings (SSSR count). The lowest BCUT2D eigenvalue weighted by molar-refractivity contribution is 0.456. The fourth-order valence-corrected chi connectivity index (χ4v) is 5.61. The smallest absolute Gasteiger partial charge is 0.150 e. The Labute approximate surface area is 122 Å². The van der Waals surface area contributed by atoms with Crippen LogP contribution in [-0.2, 0) is 16.3 Å². The highest BCUT2D eigenvalue weighted by Crippen LogP contribution is 2.35. The van der Waals surface area contributed by atoms with Crippen LogP contribution in [0.1, 0.15) is 30.0 Å². The Morgan fingerprint density at radius 1 is 1.32 bits per heavy atom. The highest BCUT2D eigenvalue weighted by molar-refractivity contribution is 9.10. The molecule has 104 valence electrons. The minimum atomic E-state index is -2.76. The maximum absolute atomic E-state index is 11.4. The lowest BCUT2D eigenvalue weighted by Crippen LogP contribution is -2.26. The zero-order valence-electron chi connectivity index (χ0n) is 10.7. The summed E-state index contributed by atoms with van der Waals surface area (Å²) in [6.45, 7) is 0.815. The molecule has 0 radical (unpaired) electrons. The van der Waals surface area contributed by atoms with Gasteiger partial charge < -0.3 is 5.32 Å². The molecule has 1 aromatic carbocycles. The Bertz CT molecular complexity index is 585. The lowest BCUT2D eigenvalue weighted by atomic mass is 10.1.